The summed E-state index contributed by atoms with van der Waals surface area (Å²) < 4.78 is 40.5. The Balaban J connectivity index is 2.28. The molecule has 0 amide bonds. The first-order valence-corrected chi connectivity index (χ1v) is 6.78. The van der Waals surface area contributed by atoms with Gasteiger partial charge in [0, 0.05) is 12.6 Å². The van der Waals surface area contributed by atoms with Crippen molar-refractivity contribution in [2.45, 2.75) is 51.2 Å². The smallest absolute Gasteiger partial charge is 0.372 e. The van der Waals surface area contributed by atoms with Gasteiger partial charge >= 0.3 is 6.18 Å². The highest BCUT2D eigenvalue weighted by Gasteiger charge is 2.30. The van der Waals surface area contributed by atoms with E-state index in [1.54, 1.807) is 0 Å². The molecule has 5 heteroatoms. The molecule has 1 N–H and O–H groups in total. The zero-order chi connectivity index (χ0) is 13.6. The van der Waals surface area contributed by atoms with E-state index in [-0.39, 0.29) is 6.61 Å². The van der Waals surface area contributed by atoms with Crippen LogP contribution in [0.5, 0.6) is 0 Å². The lowest BCUT2D eigenvalue weighted by atomic mass is 9.76. The third-order valence-electron chi connectivity index (χ3n) is 3.94. The molecule has 18 heavy (non-hydrogen) atoms. The van der Waals surface area contributed by atoms with E-state index in [4.69, 9.17) is 4.74 Å². The minimum absolute atomic E-state index is 0.207. The molecule has 3 atom stereocenters. The van der Waals surface area contributed by atoms with Gasteiger partial charge < -0.3 is 10.1 Å². The molecule has 108 valence electrons. The van der Waals surface area contributed by atoms with Crippen LogP contribution in [0.1, 0.15) is 39.0 Å². The van der Waals surface area contributed by atoms with E-state index in [2.05, 4.69) is 12.2 Å². The molecular weight excluding hydrogens is 243 g/mol. The average molecular weight is 267 g/mol. The fourth-order valence-electron chi connectivity index (χ4n) is 2.85. The molecule has 0 aromatic carbocycles. The Kier molecular flexibility index (Phi) is 6.43. The third kappa shape index (κ3) is 5.57. The maximum absolute atomic E-state index is 11.9. The van der Waals surface area contributed by atoms with Crippen LogP contribution in [0.4, 0.5) is 13.2 Å². The second-order valence-electron chi connectivity index (χ2n) is 5.20. The Hall–Kier alpha value is -0.290. The predicted molar refractivity (Wildman–Crippen MR) is 65.5 cm³/mol. The molecular formula is C13H24F3NO. The summed E-state index contributed by atoms with van der Waals surface area (Å²) in [4.78, 5) is 0. The van der Waals surface area contributed by atoms with Crippen LogP contribution in [0.3, 0.4) is 0 Å². The van der Waals surface area contributed by atoms with Gasteiger partial charge in [-0.1, -0.05) is 13.3 Å². The first kappa shape index (κ1) is 15.8. The molecule has 0 spiro atoms. The lowest BCUT2D eigenvalue weighted by molar-refractivity contribution is -0.174. The van der Waals surface area contributed by atoms with Crippen molar-refractivity contribution in [2.24, 2.45) is 11.8 Å². The summed E-state index contributed by atoms with van der Waals surface area (Å²) in [7, 11) is 1.93. The van der Waals surface area contributed by atoms with E-state index in [0.717, 1.165) is 31.6 Å². The maximum Gasteiger partial charge on any atom is 0.411 e. The Morgan fingerprint density at radius 1 is 1.28 bits per heavy atom. The molecule has 0 aliphatic heterocycles. The van der Waals surface area contributed by atoms with Crippen LogP contribution in [0, 0.1) is 11.8 Å². The van der Waals surface area contributed by atoms with Gasteiger partial charge in [0.1, 0.15) is 6.61 Å². The largest absolute Gasteiger partial charge is 0.411 e. The number of nitrogens with one attached hydrogen (secondary N) is 1. The van der Waals surface area contributed by atoms with Gasteiger partial charge in [0.05, 0.1) is 0 Å². The lowest BCUT2D eigenvalue weighted by Crippen LogP contribution is -2.39. The van der Waals surface area contributed by atoms with Crippen LogP contribution in [-0.4, -0.2) is 32.5 Å². The van der Waals surface area contributed by atoms with Crippen LogP contribution < -0.4 is 5.32 Å². The zero-order valence-electron chi connectivity index (χ0n) is 11.2. The summed E-state index contributed by atoms with van der Waals surface area (Å²) >= 11 is 0. The molecule has 1 aliphatic carbocycles. The number of rotatable bonds is 6. The van der Waals surface area contributed by atoms with E-state index in [1.807, 2.05) is 7.05 Å². The van der Waals surface area contributed by atoms with Crippen LogP contribution in [0.25, 0.3) is 0 Å². The summed E-state index contributed by atoms with van der Waals surface area (Å²) in [5.74, 6) is 1.17. The monoisotopic (exact) mass is 267 g/mol. The number of hydrogen-bond donors (Lipinski definition) is 1. The molecule has 0 radical (unpaired) electrons. The molecule has 0 heterocycles. The third-order valence-corrected chi connectivity index (χ3v) is 3.94. The average Bonchev–Trinajstić information content (AvgIpc) is 2.33. The Morgan fingerprint density at radius 2 is 2.00 bits per heavy atom. The summed E-state index contributed by atoms with van der Waals surface area (Å²) in [5, 5.41) is 3.28. The van der Waals surface area contributed by atoms with Gasteiger partial charge in [0.15, 0.2) is 0 Å². The van der Waals surface area contributed by atoms with E-state index in [1.165, 1.54) is 6.42 Å². The van der Waals surface area contributed by atoms with Gasteiger partial charge in [0.25, 0.3) is 0 Å². The maximum atomic E-state index is 11.9. The van der Waals surface area contributed by atoms with E-state index >= 15 is 0 Å². The lowest BCUT2D eigenvalue weighted by Gasteiger charge is -2.35. The topological polar surface area (TPSA) is 21.3 Å². The van der Waals surface area contributed by atoms with Crippen molar-refractivity contribution in [1.82, 2.24) is 5.32 Å². The summed E-state index contributed by atoms with van der Waals surface area (Å²) in [6.07, 6.45) is 1.13. The number of hydrogen-bond acceptors (Lipinski definition) is 2. The SMILES string of the molecule is CCC1CCC(NC)C(CCOCC(F)(F)F)C1. The molecule has 2 nitrogen and oxygen atoms in total. The highest BCUT2D eigenvalue weighted by atomic mass is 19.4. The van der Waals surface area contributed by atoms with Crippen molar-refractivity contribution < 1.29 is 17.9 Å². The van der Waals surface area contributed by atoms with Gasteiger partial charge in [-0.2, -0.15) is 13.2 Å². The Bertz CT molecular complexity index is 233. The van der Waals surface area contributed by atoms with E-state index in [0.29, 0.717) is 12.0 Å². The highest BCUT2D eigenvalue weighted by Crippen LogP contribution is 2.33. The van der Waals surface area contributed by atoms with Crippen molar-refractivity contribution in [3.63, 3.8) is 0 Å². The van der Waals surface area contributed by atoms with E-state index < -0.39 is 12.8 Å². The van der Waals surface area contributed by atoms with Crippen molar-refractivity contribution in [2.75, 3.05) is 20.3 Å². The van der Waals surface area contributed by atoms with Crippen LogP contribution in [-0.2, 0) is 4.74 Å². The van der Waals surface area contributed by atoms with Gasteiger partial charge in [-0.25, -0.2) is 0 Å². The predicted octanol–water partition coefficient (Wildman–Crippen LogP) is 3.37. The molecule has 0 saturated heterocycles. The molecule has 1 rings (SSSR count). The minimum atomic E-state index is -4.21. The van der Waals surface area contributed by atoms with Gasteiger partial charge in [-0.05, 0) is 44.6 Å². The van der Waals surface area contributed by atoms with Gasteiger partial charge in [0.2, 0.25) is 0 Å². The first-order chi connectivity index (χ1) is 8.46. The highest BCUT2D eigenvalue weighted by molar-refractivity contribution is 4.83. The van der Waals surface area contributed by atoms with E-state index in [9.17, 15) is 13.2 Å². The van der Waals surface area contributed by atoms with Crippen LogP contribution in [0.15, 0.2) is 0 Å². The summed E-state index contributed by atoms with van der Waals surface area (Å²) in [5.41, 5.74) is 0. The van der Waals surface area contributed by atoms with Gasteiger partial charge in [-0.3, -0.25) is 0 Å². The quantitative estimate of drug-likeness (QED) is 0.745. The van der Waals surface area contributed by atoms with Crippen molar-refractivity contribution >= 4 is 0 Å². The second-order valence-corrected chi connectivity index (χ2v) is 5.20. The molecule has 0 aromatic rings. The second kappa shape index (κ2) is 7.34. The summed E-state index contributed by atoms with van der Waals surface area (Å²) in [6, 6.07) is 0.433. The van der Waals surface area contributed by atoms with Crippen LogP contribution >= 0.6 is 0 Å². The number of ether oxygens (including phenoxy) is 1. The van der Waals surface area contributed by atoms with Crippen molar-refractivity contribution in [3.8, 4) is 0 Å². The zero-order valence-corrected chi connectivity index (χ0v) is 11.2. The molecule has 0 bridgehead atoms. The Labute approximate surface area is 107 Å². The molecule has 3 unspecified atom stereocenters. The standard InChI is InChI=1S/C13H24F3NO/c1-3-10-4-5-12(17-2)11(8-10)6-7-18-9-13(14,15)16/h10-12,17H,3-9H2,1-2H3. The first-order valence-electron chi connectivity index (χ1n) is 6.78. The van der Waals surface area contributed by atoms with Crippen molar-refractivity contribution in [1.29, 1.82) is 0 Å². The Morgan fingerprint density at radius 3 is 2.56 bits per heavy atom. The molecule has 0 aromatic heterocycles. The molecule has 1 saturated carbocycles. The fraction of sp³-hybridized carbons (Fsp3) is 1.00. The number of alkyl halides is 3. The molecule has 1 fully saturated rings. The molecule has 1 aliphatic rings. The fourth-order valence-corrected chi connectivity index (χ4v) is 2.85. The van der Waals surface area contributed by atoms with Crippen LogP contribution in [0.2, 0.25) is 0 Å². The normalized spacial score (nSPS) is 29.5. The summed E-state index contributed by atoms with van der Waals surface area (Å²) in [6.45, 7) is 1.27. The number of halogens is 3. The minimum Gasteiger partial charge on any atom is -0.372 e. The van der Waals surface area contributed by atoms with Crippen molar-refractivity contribution in [3.05, 3.63) is 0 Å². The van der Waals surface area contributed by atoms with Gasteiger partial charge in [-0.15, -0.1) is 0 Å².